The van der Waals surface area contributed by atoms with E-state index in [4.69, 9.17) is 15.7 Å². The number of nitrogens with two attached hydrogens (primary N) is 1. The zero-order chi connectivity index (χ0) is 39.1. The van der Waals surface area contributed by atoms with Crippen LogP contribution in [-0.2, 0) is 40.3 Å². The van der Waals surface area contributed by atoms with Gasteiger partial charge in [0, 0.05) is 65.4 Å². The summed E-state index contributed by atoms with van der Waals surface area (Å²) < 4.78 is 17.7. The number of aldehydes is 1. The Labute approximate surface area is 319 Å². The number of carbonyl (C=O) groups excluding carboxylic acids is 2. The molecule has 3 aromatic rings. The van der Waals surface area contributed by atoms with Crippen LogP contribution in [0.2, 0.25) is 0 Å². The summed E-state index contributed by atoms with van der Waals surface area (Å²) in [5, 5.41) is 11.6. The molecule has 0 unspecified atom stereocenters. The van der Waals surface area contributed by atoms with Gasteiger partial charge in [0.05, 0.1) is 18.2 Å². The summed E-state index contributed by atoms with van der Waals surface area (Å²) in [6.07, 6.45) is 5.26. The van der Waals surface area contributed by atoms with Crippen LogP contribution in [0.5, 0.6) is 0 Å². The summed E-state index contributed by atoms with van der Waals surface area (Å²) in [7, 11) is 3.28. The van der Waals surface area contributed by atoms with Crippen LogP contribution in [-0.4, -0.2) is 69.7 Å². The number of aryl methyl sites for hydroxylation is 3. The lowest BCUT2D eigenvalue weighted by Crippen LogP contribution is -2.46. The van der Waals surface area contributed by atoms with Crippen molar-refractivity contribution in [2.75, 3.05) is 57.5 Å². The average Bonchev–Trinajstić information content (AvgIpc) is 3.16. The number of hydrogen-bond acceptors (Lipinski definition) is 8. The molecule has 0 aliphatic carbocycles. The van der Waals surface area contributed by atoms with E-state index < -0.39 is 0 Å². The number of methoxy groups -OCH3 is 1. The molecule has 1 aliphatic rings. The van der Waals surface area contributed by atoms with Gasteiger partial charge in [-0.3, -0.25) is 4.79 Å². The van der Waals surface area contributed by atoms with E-state index in [1.165, 1.54) is 34.0 Å². The fourth-order valence-electron chi connectivity index (χ4n) is 5.29. The van der Waals surface area contributed by atoms with Gasteiger partial charge in [-0.25, -0.2) is 4.39 Å². The number of carbonyl (C=O) groups is 2. The fraction of sp³-hybridized carbons (Fsp3) is 0.500. The Balaban J connectivity index is 0.000000685. The number of hydrogen-bond donors (Lipinski definition) is 3. The maximum absolute atomic E-state index is 12.6. The van der Waals surface area contributed by atoms with Crippen molar-refractivity contribution in [1.29, 1.82) is 5.26 Å². The molecular formula is C42H64FN5O3S. The number of ether oxygens (including phenoxy) is 1. The van der Waals surface area contributed by atoms with Gasteiger partial charge in [-0.2, -0.15) is 17.9 Å². The molecule has 1 aliphatic heterocycles. The Morgan fingerprint density at radius 2 is 1.67 bits per heavy atom. The highest BCUT2D eigenvalue weighted by molar-refractivity contribution is 7.80. The molecule has 8 nitrogen and oxygen atoms in total. The number of amides is 1. The van der Waals surface area contributed by atoms with Crippen LogP contribution in [0.3, 0.4) is 0 Å². The lowest BCUT2D eigenvalue weighted by molar-refractivity contribution is -0.120. The monoisotopic (exact) mass is 737 g/mol. The van der Waals surface area contributed by atoms with Crippen LogP contribution < -0.4 is 16.0 Å². The normalized spacial score (nSPS) is 11.8. The van der Waals surface area contributed by atoms with Crippen molar-refractivity contribution >= 4 is 30.5 Å². The van der Waals surface area contributed by atoms with Gasteiger partial charge in [-0.15, -0.1) is 0 Å². The molecule has 1 heterocycles. The number of piperazine rings is 1. The molecule has 0 bridgehead atoms. The van der Waals surface area contributed by atoms with Gasteiger partial charge in [0.15, 0.2) is 0 Å². The third kappa shape index (κ3) is 19.7. The first kappa shape index (κ1) is 48.2. The van der Waals surface area contributed by atoms with E-state index in [0.29, 0.717) is 32.4 Å². The number of nitrogens with zero attached hydrogens (tertiary/aromatic N) is 3. The topological polar surface area (TPSA) is 112 Å². The minimum absolute atomic E-state index is 0.00292. The van der Waals surface area contributed by atoms with Gasteiger partial charge in [-0.1, -0.05) is 70.5 Å². The summed E-state index contributed by atoms with van der Waals surface area (Å²) >= 11 is 3.79. The second kappa shape index (κ2) is 30.8. The third-order valence-electron chi connectivity index (χ3n) is 8.27. The molecular weight excluding hydrogens is 674 g/mol. The summed E-state index contributed by atoms with van der Waals surface area (Å²) in [5.41, 5.74) is 13.4. The number of benzene rings is 3. The Bertz CT molecular complexity index is 1440. The van der Waals surface area contributed by atoms with Crippen LogP contribution in [0, 0.1) is 24.1 Å². The molecule has 0 aromatic heterocycles. The third-order valence-corrected chi connectivity index (χ3v) is 8.27. The Morgan fingerprint density at radius 1 is 1.02 bits per heavy atom. The van der Waals surface area contributed by atoms with Crippen molar-refractivity contribution in [1.82, 2.24) is 10.2 Å². The molecule has 0 saturated carbocycles. The Hall–Kier alpha value is -3.75. The van der Waals surface area contributed by atoms with E-state index in [9.17, 15) is 14.0 Å². The van der Waals surface area contributed by atoms with Gasteiger partial charge in [0.1, 0.15) is 12.1 Å². The molecule has 4 rings (SSSR count). The predicted molar refractivity (Wildman–Crippen MR) is 219 cm³/mol. The predicted octanol–water partition coefficient (Wildman–Crippen LogP) is 7.68. The quantitative estimate of drug-likeness (QED) is 0.0994. The second-order valence-electron chi connectivity index (χ2n) is 12.0. The number of unbranched alkanes of at least 4 members (excludes halogenated alkanes) is 1. The van der Waals surface area contributed by atoms with Crippen molar-refractivity contribution in [2.24, 2.45) is 5.73 Å². The number of nitriles is 1. The number of likely N-dealkylation sites (N-methyl/N-ethyl adjacent to an activating group) is 1. The zero-order valence-electron chi connectivity index (χ0n) is 32.7. The first-order valence-corrected chi connectivity index (χ1v) is 19.0. The van der Waals surface area contributed by atoms with Gasteiger partial charge in [0.25, 0.3) is 0 Å². The maximum atomic E-state index is 12.6. The molecule has 0 spiro atoms. The number of thiol groups is 1. The molecule has 0 atom stereocenters. The second-order valence-corrected chi connectivity index (χ2v) is 12.6. The highest BCUT2D eigenvalue weighted by Crippen LogP contribution is 2.22. The van der Waals surface area contributed by atoms with Gasteiger partial charge in [0.2, 0.25) is 5.91 Å². The van der Waals surface area contributed by atoms with Crippen molar-refractivity contribution < 1.29 is 18.7 Å². The van der Waals surface area contributed by atoms with Crippen LogP contribution in [0.4, 0.5) is 10.1 Å². The fourth-order valence-corrected chi connectivity index (χ4v) is 5.29. The van der Waals surface area contributed by atoms with Crippen molar-refractivity contribution in [3.63, 3.8) is 0 Å². The number of anilines is 1. The molecule has 1 amide bonds. The molecule has 3 N–H and O–H groups in total. The van der Waals surface area contributed by atoms with E-state index in [-0.39, 0.29) is 11.7 Å². The first-order chi connectivity index (χ1) is 25.1. The van der Waals surface area contributed by atoms with Gasteiger partial charge >= 0.3 is 0 Å². The number of rotatable bonds is 12. The van der Waals surface area contributed by atoms with E-state index >= 15 is 0 Å². The zero-order valence-corrected chi connectivity index (χ0v) is 33.6. The molecule has 3 aromatic carbocycles. The molecule has 1 saturated heterocycles. The van der Waals surface area contributed by atoms with Crippen molar-refractivity contribution in [3.05, 3.63) is 99.9 Å². The summed E-state index contributed by atoms with van der Waals surface area (Å²) in [5.74, 6) is 0.844. The van der Waals surface area contributed by atoms with Crippen LogP contribution in [0.15, 0.2) is 60.7 Å². The van der Waals surface area contributed by atoms with Crippen molar-refractivity contribution in [2.45, 2.75) is 86.3 Å². The highest BCUT2D eigenvalue weighted by Gasteiger charge is 2.16. The van der Waals surface area contributed by atoms with Gasteiger partial charge in [-0.05, 0) is 90.6 Å². The van der Waals surface area contributed by atoms with E-state index in [1.54, 1.807) is 26.3 Å². The minimum Gasteiger partial charge on any atom is -0.380 e. The van der Waals surface area contributed by atoms with Crippen molar-refractivity contribution in [3.8, 4) is 6.07 Å². The maximum Gasteiger partial charge on any atom is 0.219 e. The van der Waals surface area contributed by atoms with E-state index in [2.05, 4.69) is 78.9 Å². The van der Waals surface area contributed by atoms with E-state index in [1.807, 2.05) is 32.0 Å². The summed E-state index contributed by atoms with van der Waals surface area (Å²) in [4.78, 5) is 25.1. The number of nitrogens with one attached hydrogen (secondary N) is 1. The lowest BCUT2D eigenvalue weighted by Gasteiger charge is -2.35. The number of halogens is 1. The first-order valence-electron chi connectivity index (χ1n) is 18.4. The largest absolute Gasteiger partial charge is 0.380 e. The Morgan fingerprint density at radius 3 is 2.17 bits per heavy atom. The molecule has 0 radical (unpaired) electrons. The van der Waals surface area contributed by atoms with Crippen LogP contribution in [0.1, 0.15) is 86.8 Å². The molecule has 1 fully saturated rings. The summed E-state index contributed by atoms with van der Waals surface area (Å²) in [6, 6.07) is 21.6. The average molecular weight is 738 g/mol. The van der Waals surface area contributed by atoms with Crippen LogP contribution in [0.25, 0.3) is 0 Å². The van der Waals surface area contributed by atoms with Gasteiger partial charge < -0.3 is 30.4 Å². The van der Waals surface area contributed by atoms with Crippen LogP contribution >= 0.6 is 12.6 Å². The molecule has 288 valence electrons. The summed E-state index contributed by atoms with van der Waals surface area (Å²) in [6.45, 7) is 17.2. The molecule has 10 heteroatoms. The molecule has 52 heavy (non-hydrogen) atoms. The highest BCUT2D eigenvalue weighted by atomic mass is 32.1. The lowest BCUT2D eigenvalue weighted by atomic mass is 10.0. The SMILES string of the molecule is CCCc1cc(N2CCN(CC)CC2)ccc1C#N.CCS.CCc1ccccc1F.CNC(=O)CCCC=O.COCc1cccc(C)c1CN. The standard InChI is InChI=1S/C16H23N3.C10H15NO.C8H9F.C6H11NO2.C2H6S/c1-3-5-14-12-16(7-6-15(14)13-17)19-10-8-18(4-2)9-11-19;1-8-4-3-5-9(7-12-2)10(8)6-11;1-2-7-5-3-4-6-8(7)9;1-7-6(9)4-2-3-5-8;1-2-3/h6-7,12H,3-5,8-11H2,1-2H3;3-5H,6-7,11H2,1-2H3;3-6H,2H2,1H3;5H,2-4H2,1H3,(H,7,9);3H,2H2,1H3. The smallest absolute Gasteiger partial charge is 0.219 e. The minimum atomic E-state index is -0.0972. The Kier molecular flexibility index (Phi) is 28.6. The van der Waals surface area contributed by atoms with E-state index in [0.717, 1.165) is 75.2 Å².